The van der Waals surface area contributed by atoms with Crippen LogP contribution in [0.1, 0.15) is 48.2 Å². The summed E-state index contributed by atoms with van der Waals surface area (Å²) >= 11 is 0. The third-order valence-electron chi connectivity index (χ3n) is 4.60. The molecule has 2 aromatic rings. The molecule has 0 radical (unpaired) electrons. The summed E-state index contributed by atoms with van der Waals surface area (Å²) in [6.07, 6.45) is 1.25. The number of hydrogen-bond donors (Lipinski definition) is 0. The Morgan fingerprint density at radius 1 is 1.04 bits per heavy atom. The molecule has 0 spiro atoms. The summed E-state index contributed by atoms with van der Waals surface area (Å²) < 4.78 is 23.9. The van der Waals surface area contributed by atoms with E-state index in [1.165, 1.54) is 24.3 Å². The van der Waals surface area contributed by atoms with Gasteiger partial charge in [0.2, 0.25) is 0 Å². The molecular weight excluding hydrogens is 359 g/mol. The van der Waals surface area contributed by atoms with Gasteiger partial charge in [-0.15, -0.1) is 0 Å². The van der Waals surface area contributed by atoms with Gasteiger partial charge in [0.05, 0.1) is 12.0 Å². The molecule has 150 valence electrons. The average molecular weight is 386 g/mol. The first-order valence-corrected chi connectivity index (χ1v) is 9.35. The van der Waals surface area contributed by atoms with Crippen molar-refractivity contribution in [3.05, 3.63) is 65.0 Å². The van der Waals surface area contributed by atoms with Gasteiger partial charge in [-0.25, -0.2) is 4.39 Å². The molecule has 0 aliphatic heterocycles. The van der Waals surface area contributed by atoms with Crippen molar-refractivity contribution < 1.29 is 23.5 Å². The third-order valence-corrected chi connectivity index (χ3v) is 4.60. The highest BCUT2D eigenvalue weighted by molar-refractivity contribution is 5.98. The first kappa shape index (κ1) is 21.6. The van der Waals surface area contributed by atoms with Gasteiger partial charge < -0.3 is 9.47 Å². The summed E-state index contributed by atoms with van der Waals surface area (Å²) in [4.78, 5) is 24.4. The van der Waals surface area contributed by atoms with Gasteiger partial charge in [0, 0.05) is 5.56 Å². The minimum absolute atomic E-state index is 0.314. The maximum absolute atomic E-state index is 12.9. The van der Waals surface area contributed by atoms with Crippen LogP contribution in [-0.4, -0.2) is 25.0 Å². The van der Waals surface area contributed by atoms with Crippen molar-refractivity contribution in [1.29, 1.82) is 0 Å². The number of benzene rings is 2. The van der Waals surface area contributed by atoms with Crippen LogP contribution in [0.5, 0.6) is 5.75 Å². The molecule has 0 heterocycles. The second kappa shape index (κ2) is 9.49. The summed E-state index contributed by atoms with van der Waals surface area (Å²) in [5, 5.41) is 0. The molecule has 0 saturated heterocycles. The molecule has 2 rings (SSSR count). The second-order valence-electron chi connectivity index (χ2n) is 7.61. The lowest BCUT2D eigenvalue weighted by Gasteiger charge is -2.22. The van der Waals surface area contributed by atoms with E-state index in [-0.39, 0.29) is 12.4 Å². The fourth-order valence-corrected chi connectivity index (χ4v) is 2.71. The SMILES string of the molecule is Cc1ccc(C)c(OCCCC(C)(C)C(=O)OCC(=O)c2ccc(F)cc2)c1. The number of carbonyl (C=O) groups excluding carboxylic acids is 2. The molecule has 0 saturated carbocycles. The average Bonchev–Trinajstić information content (AvgIpc) is 2.66. The lowest BCUT2D eigenvalue weighted by Crippen LogP contribution is -2.29. The first-order chi connectivity index (χ1) is 13.2. The molecule has 0 amide bonds. The quantitative estimate of drug-likeness (QED) is 0.344. The Morgan fingerprint density at radius 2 is 1.71 bits per heavy atom. The van der Waals surface area contributed by atoms with Crippen LogP contribution < -0.4 is 4.74 Å². The van der Waals surface area contributed by atoms with Crippen molar-refractivity contribution in [1.82, 2.24) is 0 Å². The number of halogens is 1. The van der Waals surface area contributed by atoms with Crippen LogP contribution in [0.4, 0.5) is 4.39 Å². The summed E-state index contributed by atoms with van der Waals surface area (Å²) in [7, 11) is 0. The maximum Gasteiger partial charge on any atom is 0.311 e. The molecule has 28 heavy (non-hydrogen) atoms. The molecule has 0 unspecified atom stereocenters. The molecular formula is C23H27FO4. The fourth-order valence-electron chi connectivity index (χ4n) is 2.71. The summed E-state index contributed by atoms with van der Waals surface area (Å²) in [5.41, 5.74) is 1.79. The van der Waals surface area contributed by atoms with Gasteiger partial charge in [0.15, 0.2) is 12.4 Å². The Hall–Kier alpha value is -2.69. The minimum Gasteiger partial charge on any atom is -0.493 e. The topological polar surface area (TPSA) is 52.6 Å². The minimum atomic E-state index is -0.728. The fraction of sp³-hybridized carbons (Fsp3) is 0.391. The van der Waals surface area contributed by atoms with Crippen LogP contribution >= 0.6 is 0 Å². The zero-order chi connectivity index (χ0) is 20.7. The van der Waals surface area contributed by atoms with Crippen LogP contribution in [0.2, 0.25) is 0 Å². The Labute approximate surface area is 165 Å². The molecule has 0 N–H and O–H groups in total. The number of aryl methyl sites for hydroxylation is 2. The van der Waals surface area contributed by atoms with Crippen molar-refractivity contribution in [2.24, 2.45) is 5.41 Å². The predicted molar refractivity (Wildman–Crippen MR) is 106 cm³/mol. The third kappa shape index (κ3) is 6.19. The lowest BCUT2D eigenvalue weighted by molar-refractivity contribution is -0.153. The zero-order valence-electron chi connectivity index (χ0n) is 16.9. The number of rotatable bonds is 9. The molecule has 0 atom stereocenters. The van der Waals surface area contributed by atoms with E-state index in [0.29, 0.717) is 25.0 Å². The lowest BCUT2D eigenvalue weighted by atomic mass is 9.88. The standard InChI is InChI=1S/C23H27FO4/c1-16-6-7-17(2)21(14-16)27-13-5-12-23(3,4)22(26)28-15-20(25)18-8-10-19(24)11-9-18/h6-11,14H,5,12-13,15H2,1-4H3. The molecule has 0 bridgehead atoms. The van der Waals surface area contributed by atoms with Gasteiger partial charge >= 0.3 is 5.97 Å². The van der Waals surface area contributed by atoms with Crippen molar-refractivity contribution in [3.8, 4) is 5.75 Å². The maximum atomic E-state index is 12.9. The Bertz CT molecular complexity index is 825. The van der Waals surface area contributed by atoms with Gasteiger partial charge in [-0.1, -0.05) is 12.1 Å². The largest absolute Gasteiger partial charge is 0.493 e. The molecule has 2 aromatic carbocycles. The van der Waals surface area contributed by atoms with Crippen molar-refractivity contribution in [2.75, 3.05) is 13.2 Å². The van der Waals surface area contributed by atoms with Crippen molar-refractivity contribution in [3.63, 3.8) is 0 Å². The number of carbonyl (C=O) groups is 2. The van der Waals surface area contributed by atoms with Gasteiger partial charge in [-0.05, 0) is 82.0 Å². The highest BCUT2D eigenvalue weighted by atomic mass is 19.1. The van der Waals surface area contributed by atoms with Gasteiger partial charge in [-0.3, -0.25) is 9.59 Å². The first-order valence-electron chi connectivity index (χ1n) is 9.35. The number of ether oxygens (including phenoxy) is 2. The monoisotopic (exact) mass is 386 g/mol. The van der Waals surface area contributed by atoms with Gasteiger partial charge in [0.25, 0.3) is 0 Å². The van der Waals surface area contributed by atoms with E-state index in [2.05, 4.69) is 0 Å². The van der Waals surface area contributed by atoms with E-state index in [9.17, 15) is 14.0 Å². The number of hydrogen-bond acceptors (Lipinski definition) is 4. The summed E-state index contributed by atoms with van der Waals surface area (Å²) in [6.45, 7) is 7.72. The molecule has 0 aliphatic rings. The molecule has 0 fully saturated rings. The number of Topliss-reactive ketones (excluding diaryl/α,β-unsaturated/α-hetero) is 1. The normalized spacial score (nSPS) is 11.2. The number of ketones is 1. The molecule has 5 heteroatoms. The van der Waals surface area contributed by atoms with Crippen molar-refractivity contribution in [2.45, 2.75) is 40.5 Å². The smallest absolute Gasteiger partial charge is 0.311 e. The predicted octanol–water partition coefficient (Wildman–Crippen LogP) is 5.05. The zero-order valence-corrected chi connectivity index (χ0v) is 16.9. The van der Waals surface area contributed by atoms with Crippen LogP contribution in [0.3, 0.4) is 0 Å². The van der Waals surface area contributed by atoms with Gasteiger partial charge in [0.1, 0.15) is 11.6 Å². The van der Waals surface area contributed by atoms with Crippen LogP contribution in [-0.2, 0) is 9.53 Å². The molecule has 0 aromatic heterocycles. The van der Waals surface area contributed by atoms with Gasteiger partial charge in [-0.2, -0.15) is 0 Å². The highest BCUT2D eigenvalue weighted by Crippen LogP contribution is 2.25. The molecule has 0 aliphatic carbocycles. The van der Waals surface area contributed by atoms with Crippen LogP contribution in [0, 0.1) is 25.1 Å². The van der Waals surface area contributed by atoms with E-state index >= 15 is 0 Å². The van der Waals surface area contributed by atoms with E-state index in [0.717, 1.165) is 16.9 Å². The summed E-state index contributed by atoms with van der Waals surface area (Å²) in [6, 6.07) is 11.2. The van der Waals surface area contributed by atoms with Crippen LogP contribution in [0.25, 0.3) is 0 Å². The highest BCUT2D eigenvalue weighted by Gasteiger charge is 2.29. The van der Waals surface area contributed by atoms with E-state index in [4.69, 9.17) is 9.47 Å². The Morgan fingerprint density at radius 3 is 2.39 bits per heavy atom. The Balaban J connectivity index is 1.78. The number of esters is 1. The second-order valence-corrected chi connectivity index (χ2v) is 7.61. The van der Waals surface area contributed by atoms with E-state index in [1.807, 2.05) is 32.0 Å². The molecule has 4 nitrogen and oxygen atoms in total. The van der Waals surface area contributed by atoms with E-state index in [1.54, 1.807) is 13.8 Å². The summed E-state index contributed by atoms with van der Waals surface area (Å²) in [5.74, 6) is -0.361. The Kier molecular flexibility index (Phi) is 7.32. The van der Waals surface area contributed by atoms with Crippen molar-refractivity contribution >= 4 is 11.8 Å². The van der Waals surface area contributed by atoms with E-state index < -0.39 is 17.2 Å². The van der Waals surface area contributed by atoms with Crippen LogP contribution in [0.15, 0.2) is 42.5 Å².